The number of hydrogen-bond donors (Lipinski definition) is 1. The molecular weight excluding hydrogens is 581 g/mol. The average Bonchev–Trinajstić information content (AvgIpc) is 3.58. The van der Waals surface area contributed by atoms with E-state index in [1.807, 2.05) is 37.3 Å². The summed E-state index contributed by atoms with van der Waals surface area (Å²) in [7, 11) is 0. The number of nitrogens with one attached hydrogen (secondary N) is 1. The molecule has 1 N–H and O–H groups in total. The van der Waals surface area contributed by atoms with Crippen LogP contribution in [0.15, 0.2) is 78.0 Å². The molecule has 0 unspecified atom stereocenters. The fourth-order valence-corrected chi connectivity index (χ4v) is 5.55. The third kappa shape index (κ3) is 7.05. The van der Waals surface area contributed by atoms with Gasteiger partial charge in [0.25, 0.3) is 0 Å². The number of urea groups is 1. The Balaban J connectivity index is 1.22. The predicted octanol–water partition coefficient (Wildman–Crippen LogP) is 6.61. The number of ether oxygens (including phenoxy) is 1. The molecule has 222 valence electrons. The van der Waals surface area contributed by atoms with Crippen molar-refractivity contribution < 1.29 is 27.5 Å². The number of halogens is 3. The summed E-state index contributed by atoms with van der Waals surface area (Å²) in [5.41, 5.74) is 4.89. The SMILES string of the molecule is Cc1cccc(N2C(=O)CSC2=NC(=O)NCc2ccc(-c3ncn(-c4ccc(OC(F)(F)F)cc4)n3)cc2)c1C(C)C. The van der Waals surface area contributed by atoms with Crippen LogP contribution in [0, 0.1) is 6.92 Å². The summed E-state index contributed by atoms with van der Waals surface area (Å²) >= 11 is 1.23. The lowest BCUT2D eigenvalue weighted by Crippen LogP contribution is -2.32. The zero-order valence-corrected chi connectivity index (χ0v) is 24.2. The summed E-state index contributed by atoms with van der Waals surface area (Å²) < 4.78 is 42.5. The number of thioether (sulfide) groups is 1. The molecule has 13 heteroatoms. The predicted molar refractivity (Wildman–Crippen MR) is 158 cm³/mol. The highest BCUT2D eigenvalue weighted by atomic mass is 32.2. The fraction of sp³-hybridized carbons (Fsp3) is 0.233. The number of carbonyl (C=O) groups is 2. The zero-order valence-electron chi connectivity index (χ0n) is 23.4. The van der Waals surface area contributed by atoms with E-state index in [4.69, 9.17) is 0 Å². The molecule has 2 heterocycles. The van der Waals surface area contributed by atoms with Crippen LogP contribution in [0.1, 0.15) is 36.5 Å². The van der Waals surface area contributed by atoms with Crippen molar-refractivity contribution in [1.29, 1.82) is 0 Å². The molecule has 1 fully saturated rings. The van der Waals surface area contributed by atoms with E-state index in [9.17, 15) is 22.8 Å². The van der Waals surface area contributed by atoms with E-state index in [2.05, 4.69) is 39.0 Å². The molecule has 0 aliphatic carbocycles. The van der Waals surface area contributed by atoms with E-state index in [0.717, 1.165) is 22.4 Å². The van der Waals surface area contributed by atoms with Crippen LogP contribution in [0.25, 0.3) is 17.1 Å². The third-order valence-electron chi connectivity index (χ3n) is 6.56. The van der Waals surface area contributed by atoms with Gasteiger partial charge in [-0.05, 0) is 59.9 Å². The van der Waals surface area contributed by atoms with Crippen molar-refractivity contribution in [3.63, 3.8) is 0 Å². The number of anilines is 1. The van der Waals surface area contributed by atoms with Crippen molar-refractivity contribution in [3.8, 4) is 22.8 Å². The Morgan fingerprint density at radius 3 is 2.49 bits per heavy atom. The van der Waals surface area contributed by atoms with Crippen LogP contribution in [-0.4, -0.2) is 44.0 Å². The van der Waals surface area contributed by atoms with Crippen molar-refractivity contribution in [3.05, 3.63) is 89.7 Å². The molecule has 9 nitrogen and oxygen atoms in total. The monoisotopic (exact) mass is 608 g/mol. The molecule has 0 atom stereocenters. The van der Waals surface area contributed by atoms with Gasteiger partial charge in [0, 0.05) is 12.1 Å². The molecule has 0 spiro atoms. The normalized spacial score (nSPS) is 14.5. The Labute approximate surface area is 249 Å². The molecule has 5 rings (SSSR count). The maximum absolute atomic E-state index is 12.8. The Morgan fingerprint density at radius 2 is 1.81 bits per heavy atom. The minimum atomic E-state index is -4.76. The van der Waals surface area contributed by atoms with Crippen LogP contribution >= 0.6 is 11.8 Å². The lowest BCUT2D eigenvalue weighted by molar-refractivity contribution is -0.274. The third-order valence-corrected chi connectivity index (χ3v) is 7.49. The molecular formula is C30H27F3N6O3S. The van der Waals surface area contributed by atoms with Crippen molar-refractivity contribution in [1.82, 2.24) is 20.1 Å². The second-order valence-electron chi connectivity index (χ2n) is 9.98. The molecule has 0 bridgehead atoms. The first-order valence-electron chi connectivity index (χ1n) is 13.3. The van der Waals surface area contributed by atoms with Crippen molar-refractivity contribution in [2.75, 3.05) is 10.7 Å². The van der Waals surface area contributed by atoms with Crippen molar-refractivity contribution in [2.24, 2.45) is 4.99 Å². The van der Waals surface area contributed by atoms with Gasteiger partial charge in [0.2, 0.25) is 5.91 Å². The number of aromatic nitrogens is 3. The van der Waals surface area contributed by atoms with Gasteiger partial charge in [-0.25, -0.2) is 14.5 Å². The first-order valence-corrected chi connectivity index (χ1v) is 14.3. The number of amidine groups is 1. The molecule has 1 aliphatic heterocycles. The summed E-state index contributed by atoms with van der Waals surface area (Å²) in [4.78, 5) is 35.5. The number of alkyl halides is 3. The minimum Gasteiger partial charge on any atom is -0.406 e. The van der Waals surface area contributed by atoms with E-state index in [-0.39, 0.29) is 29.9 Å². The van der Waals surface area contributed by atoms with E-state index in [0.29, 0.717) is 22.2 Å². The quantitative estimate of drug-likeness (QED) is 0.253. The Kier molecular flexibility index (Phi) is 8.53. The summed E-state index contributed by atoms with van der Waals surface area (Å²) in [5, 5.41) is 7.51. The molecule has 1 saturated heterocycles. The number of aliphatic imine (C=N–C) groups is 1. The van der Waals surface area contributed by atoms with Crippen LogP contribution in [0.5, 0.6) is 5.75 Å². The molecule has 1 aromatic heterocycles. The fourth-order valence-electron chi connectivity index (χ4n) is 4.69. The number of benzene rings is 3. The maximum Gasteiger partial charge on any atom is 0.573 e. The van der Waals surface area contributed by atoms with Gasteiger partial charge < -0.3 is 10.1 Å². The molecule has 43 heavy (non-hydrogen) atoms. The average molecular weight is 609 g/mol. The second-order valence-corrected chi connectivity index (χ2v) is 10.9. The van der Waals surface area contributed by atoms with Gasteiger partial charge in [0.15, 0.2) is 11.0 Å². The molecule has 0 saturated carbocycles. The van der Waals surface area contributed by atoms with E-state index in [1.165, 1.54) is 51.9 Å². The van der Waals surface area contributed by atoms with E-state index < -0.39 is 12.4 Å². The standard InChI is InChI=1S/C30H27F3N6O3S/c1-18(2)26-19(3)5-4-6-24(26)39-25(40)16-43-29(39)36-28(41)34-15-20-7-9-21(10-8-20)27-35-17-38(37-27)22-11-13-23(14-12-22)42-30(31,32)33/h4-14,17-18H,15-16H2,1-3H3,(H,34,41). The number of hydrogen-bond acceptors (Lipinski definition) is 6. The maximum atomic E-state index is 12.8. The summed E-state index contributed by atoms with van der Waals surface area (Å²) in [6, 6.07) is 17.7. The Morgan fingerprint density at radius 1 is 1.09 bits per heavy atom. The van der Waals surface area contributed by atoms with Gasteiger partial charge in [0.1, 0.15) is 12.1 Å². The Hall–Kier alpha value is -4.65. The van der Waals surface area contributed by atoms with Gasteiger partial charge in [-0.1, -0.05) is 62.0 Å². The second kappa shape index (κ2) is 12.3. The lowest BCUT2D eigenvalue weighted by Gasteiger charge is -2.23. The van der Waals surface area contributed by atoms with Gasteiger partial charge in [-0.3, -0.25) is 9.69 Å². The first kappa shape index (κ1) is 29.8. The molecule has 0 radical (unpaired) electrons. The van der Waals surface area contributed by atoms with Crippen molar-refractivity contribution in [2.45, 2.75) is 39.6 Å². The highest BCUT2D eigenvalue weighted by Gasteiger charge is 2.33. The van der Waals surface area contributed by atoms with Gasteiger partial charge in [0.05, 0.1) is 17.1 Å². The smallest absolute Gasteiger partial charge is 0.406 e. The minimum absolute atomic E-state index is 0.122. The highest BCUT2D eigenvalue weighted by Crippen LogP contribution is 2.35. The van der Waals surface area contributed by atoms with Crippen LogP contribution in [0.4, 0.5) is 23.7 Å². The summed E-state index contributed by atoms with van der Waals surface area (Å²) in [5.74, 6) is 0.358. The lowest BCUT2D eigenvalue weighted by atomic mass is 9.95. The van der Waals surface area contributed by atoms with Gasteiger partial charge >= 0.3 is 12.4 Å². The highest BCUT2D eigenvalue weighted by molar-refractivity contribution is 8.15. The molecule has 3 amide bonds. The molecule has 3 aromatic carbocycles. The number of rotatable bonds is 7. The summed E-state index contributed by atoms with van der Waals surface area (Å²) in [6.07, 6.45) is -3.31. The van der Waals surface area contributed by atoms with Crippen LogP contribution in [0.2, 0.25) is 0 Å². The number of amides is 3. The topological polar surface area (TPSA) is 102 Å². The van der Waals surface area contributed by atoms with Crippen LogP contribution in [0.3, 0.4) is 0 Å². The number of aryl methyl sites for hydroxylation is 1. The largest absolute Gasteiger partial charge is 0.573 e. The van der Waals surface area contributed by atoms with E-state index in [1.54, 1.807) is 12.1 Å². The first-order chi connectivity index (χ1) is 20.5. The summed E-state index contributed by atoms with van der Waals surface area (Å²) in [6.45, 7) is 6.34. The zero-order chi connectivity index (χ0) is 30.7. The van der Waals surface area contributed by atoms with Gasteiger partial charge in [-0.15, -0.1) is 18.3 Å². The van der Waals surface area contributed by atoms with Crippen LogP contribution < -0.4 is 15.0 Å². The number of carbonyl (C=O) groups excluding carboxylic acids is 2. The van der Waals surface area contributed by atoms with Crippen LogP contribution in [-0.2, 0) is 11.3 Å². The molecule has 4 aromatic rings. The van der Waals surface area contributed by atoms with Crippen molar-refractivity contribution >= 4 is 34.6 Å². The van der Waals surface area contributed by atoms with E-state index >= 15 is 0 Å². The molecule has 1 aliphatic rings. The van der Waals surface area contributed by atoms with Gasteiger partial charge in [-0.2, -0.15) is 4.99 Å². The number of nitrogens with zero attached hydrogens (tertiary/aromatic N) is 5. The Bertz CT molecular complexity index is 1670.